The molecule has 0 saturated heterocycles. The molecule has 0 radical (unpaired) electrons. The van der Waals surface area contributed by atoms with Crippen LogP contribution >= 0.6 is 23.1 Å². The van der Waals surface area contributed by atoms with Crippen molar-refractivity contribution in [2.45, 2.75) is 11.3 Å². The van der Waals surface area contributed by atoms with E-state index in [9.17, 15) is 9.59 Å². The Hall–Kier alpha value is -2.65. The number of thioether (sulfide) groups is 1. The number of anilines is 1. The van der Waals surface area contributed by atoms with Gasteiger partial charge >= 0.3 is 5.97 Å². The Morgan fingerprint density at radius 1 is 1.15 bits per heavy atom. The second-order valence-corrected chi connectivity index (χ2v) is 7.51. The smallest absolute Gasteiger partial charge is 0.316 e. The first-order chi connectivity index (χ1) is 13.1. The zero-order valence-corrected chi connectivity index (χ0v) is 16.1. The molecule has 9 heteroatoms. The van der Waals surface area contributed by atoms with E-state index in [2.05, 4.69) is 15.5 Å². The van der Waals surface area contributed by atoms with Crippen molar-refractivity contribution in [2.24, 2.45) is 0 Å². The number of esters is 1. The Bertz CT molecular complexity index is 945. The second kappa shape index (κ2) is 9.33. The van der Waals surface area contributed by atoms with Gasteiger partial charge in [0.15, 0.2) is 10.9 Å². The molecule has 0 saturated carbocycles. The van der Waals surface area contributed by atoms with Crippen LogP contribution in [0.5, 0.6) is 5.75 Å². The second-order valence-electron chi connectivity index (χ2n) is 5.31. The van der Waals surface area contributed by atoms with Crippen molar-refractivity contribution in [3.8, 4) is 5.75 Å². The van der Waals surface area contributed by atoms with E-state index in [0.29, 0.717) is 21.8 Å². The van der Waals surface area contributed by atoms with Crippen LogP contribution in [-0.2, 0) is 14.3 Å². The normalized spacial score (nSPS) is 10.6. The summed E-state index contributed by atoms with van der Waals surface area (Å²) in [6, 6.07) is 13.6. The highest BCUT2D eigenvalue weighted by Gasteiger charge is 2.11. The lowest BCUT2D eigenvalue weighted by Gasteiger charge is -2.06. The van der Waals surface area contributed by atoms with Crippen LogP contribution < -0.4 is 10.1 Å². The summed E-state index contributed by atoms with van der Waals surface area (Å²) in [5.41, 5.74) is 0. The van der Waals surface area contributed by atoms with E-state index >= 15 is 0 Å². The number of nitrogens with one attached hydrogen (secondary N) is 1. The molecule has 2 aromatic carbocycles. The number of carbonyl (C=O) groups is 2. The molecule has 140 valence electrons. The largest absolute Gasteiger partial charge is 0.484 e. The highest BCUT2D eigenvalue weighted by molar-refractivity contribution is 8.01. The van der Waals surface area contributed by atoms with Gasteiger partial charge in [0.05, 0.1) is 12.4 Å². The number of benzene rings is 2. The molecule has 27 heavy (non-hydrogen) atoms. The predicted molar refractivity (Wildman–Crippen MR) is 105 cm³/mol. The third-order valence-electron chi connectivity index (χ3n) is 3.36. The van der Waals surface area contributed by atoms with Crippen molar-refractivity contribution in [3.05, 3.63) is 42.5 Å². The standard InChI is InChI=1S/C18H17N3O4S2/c1-2-24-16(23)11-26-18-21-20-17(27-18)19-15(22)10-25-14-8-7-12-5-3-4-6-13(12)9-14/h3-9H,2,10-11H2,1H3,(H,19,20,22). The maximum atomic E-state index is 12.0. The molecule has 0 fully saturated rings. The highest BCUT2D eigenvalue weighted by atomic mass is 32.2. The van der Waals surface area contributed by atoms with Crippen LogP contribution in [0.2, 0.25) is 0 Å². The molecule has 0 aliphatic carbocycles. The number of fused-ring (bicyclic) bond motifs is 1. The van der Waals surface area contributed by atoms with Crippen molar-refractivity contribution >= 4 is 50.9 Å². The van der Waals surface area contributed by atoms with Gasteiger partial charge in [0.1, 0.15) is 5.75 Å². The molecule has 0 unspecified atom stereocenters. The van der Waals surface area contributed by atoms with Gasteiger partial charge in [-0.1, -0.05) is 53.4 Å². The Morgan fingerprint density at radius 2 is 1.96 bits per heavy atom. The van der Waals surface area contributed by atoms with Crippen LogP contribution in [0.15, 0.2) is 46.8 Å². The summed E-state index contributed by atoms with van der Waals surface area (Å²) in [5, 5.41) is 12.9. The number of rotatable bonds is 8. The van der Waals surface area contributed by atoms with E-state index in [-0.39, 0.29) is 24.2 Å². The molecule has 1 aromatic heterocycles. The third kappa shape index (κ3) is 5.66. The maximum Gasteiger partial charge on any atom is 0.316 e. The lowest BCUT2D eigenvalue weighted by Crippen LogP contribution is -2.20. The molecular weight excluding hydrogens is 386 g/mol. The monoisotopic (exact) mass is 403 g/mol. The van der Waals surface area contributed by atoms with Gasteiger partial charge in [0, 0.05) is 0 Å². The van der Waals surface area contributed by atoms with Gasteiger partial charge in [-0.05, 0) is 29.8 Å². The van der Waals surface area contributed by atoms with Crippen molar-refractivity contribution in [1.82, 2.24) is 10.2 Å². The first-order valence-electron chi connectivity index (χ1n) is 8.17. The fourth-order valence-electron chi connectivity index (χ4n) is 2.20. The fraction of sp³-hybridized carbons (Fsp3) is 0.222. The molecule has 0 atom stereocenters. The first-order valence-corrected chi connectivity index (χ1v) is 9.97. The summed E-state index contributed by atoms with van der Waals surface area (Å²) in [4.78, 5) is 23.4. The van der Waals surface area contributed by atoms with Gasteiger partial charge in [-0.15, -0.1) is 10.2 Å². The summed E-state index contributed by atoms with van der Waals surface area (Å²) in [6.45, 7) is 1.96. The van der Waals surface area contributed by atoms with Crippen molar-refractivity contribution in [2.75, 3.05) is 24.3 Å². The van der Waals surface area contributed by atoms with Gasteiger partial charge in [-0.3, -0.25) is 14.9 Å². The fourth-order valence-corrected chi connectivity index (χ4v) is 3.77. The zero-order chi connectivity index (χ0) is 19.1. The first kappa shape index (κ1) is 19.1. The molecule has 1 heterocycles. The van der Waals surface area contributed by atoms with Crippen LogP contribution in [0, 0.1) is 0 Å². The lowest BCUT2D eigenvalue weighted by molar-refractivity contribution is -0.139. The van der Waals surface area contributed by atoms with Gasteiger partial charge in [0.25, 0.3) is 5.91 Å². The summed E-state index contributed by atoms with van der Waals surface area (Å²) in [7, 11) is 0. The minimum absolute atomic E-state index is 0.136. The molecule has 0 spiro atoms. The van der Waals surface area contributed by atoms with Crippen molar-refractivity contribution in [1.29, 1.82) is 0 Å². The van der Waals surface area contributed by atoms with Crippen LogP contribution in [-0.4, -0.2) is 41.0 Å². The quantitative estimate of drug-likeness (QED) is 0.350. The van der Waals surface area contributed by atoms with Crippen molar-refractivity contribution in [3.63, 3.8) is 0 Å². The van der Waals surface area contributed by atoms with E-state index in [1.54, 1.807) is 6.92 Å². The molecule has 3 aromatic rings. The Labute approximate surface area is 164 Å². The number of carbonyl (C=O) groups excluding carboxylic acids is 2. The number of hydrogen-bond acceptors (Lipinski definition) is 8. The van der Waals surface area contributed by atoms with E-state index in [4.69, 9.17) is 9.47 Å². The van der Waals surface area contributed by atoms with Gasteiger partial charge in [0.2, 0.25) is 5.13 Å². The zero-order valence-electron chi connectivity index (χ0n) is 14.5. The summed E-state index contributed by atoms with van der Waals surface area (Å²) < 4.78 is 11.0. The average Bonchev–Trinajstić information content (AvgIpc) is 3.12. The number of hydrogen-bond donors (Lipinski definition) is 1. The molecule has 7 nitrogen and oxygen atoms in total. The average molecular weight is 403 g/mol. The van der Waals surface area contributed by atoms with Gasteiger partial charge < -0.3 is 9.47 Å². The molecular formula is C18H17N3O4S2. The summed E-state index contributed by atoms with van der Waals surface area (Å²) in [5.74, 6) is 0.127. The van der Waals surface area contributed by atoms with Gasteiger partial charge in [-0.25, -0.2) is 0 Å². The minimum Gasteiger partial charge on any atom is -0.484 e. The van der Waals surface area contributed by atoms with Crippen LogP contribution in [0.1, 0.15) is 6.92 Å². The molecule has 3 rings (SSSR count). The Morgan fingerprint density at radius 3 is 2.78 bits per heavy atom. The maximum absolute atomic E-state index is 12.0. The minimum atomic E-state index is -0.332. The number of ether oxygens (including phenoxy) is 2. The lowest BCUT2D eigenvalue weighted by atomic mass is 10.1. The molecule has 0 aliphatic rings. The molecule has 0 bridgehead atoms. The SMILES string of the molecule is CCOC(=O)CSc1nnc(NC(=O)COc2ccc3ccccc3c2)s1. The summed E-state index contributed by atoms with van der Waals surface area (Å²) >= 11 is 2.41. The summed E-state index contributed by atoms with van der Waals surface area (Å²) in [6.07, 6.45) is 0. The van der Waals surface area contributed by atoms with Crippen LogP contribution in [0.4, 0.5) is 5.13 Å². The highest BCUT2D eigenvalue weighted by Crippen LogP contribution is 2.25. The van der Waals surface area contributed by atoms with Crippen LogP contribution in [0.3, 0.4) is 0 Å². The molecule has 1 N–H and O–H groups in total. The van der Waals surface area contributed by atoms with E-state index in [0.717, 1.165) is 10.8 Å². The number of aromatic nitrogens is 2. The number of nitrogens with zero attached hydrogens (tertiary/aromatic N) is 2. The van der Waals surface area contributed by atoms with E-state index < -0.39 is 0 Å². The predicted octanol–water partition coefficient (Wildman–Crippen LogP) is 3.36. The van der Waals surface area contributed by atoms with Crippen molar-refractivity contribution < 1.29 is 19.1 Å². The Balaban J connectivity index is 1.48. The molecule has 0 aliphatic heterocycles. The van der Waals surface area contributed by atoms with E-state index in [1.165, 1.54) is 23.1 Å². The molecule has 1 amide bonds. The Kier molecular flexibility index (Phi) is 6.61. The topological polar surface area (TPSA) is 90.4 Å². The number of amides is 1. The van der Waals surface area contributed by atoms with Crippen LogP contribution in [0.25, 0.3) is 10.8 Å². The third-order valence-corrected chi connectivity index (χ3v) is 5.31. The van der Waals surface area contributed by atoms with E-state index in [1.807, 2.05) is 42.5 Å². The van der Waals surface area contributed by atoms with Gasteiger partial charge in [-0.2, -0.15) is 0 Å².